The molecular weight excluding hydrogens is 382 g/mol. The maximum atomic E-state index is 6.16. The third kappa shape index (κ3) is 3.96. The van der Waals surface area contributed by atoms with Crippen LogP contribution < -0.4 is 15.5 Å². The van der Waals surface area contributed by atoms with E-state index in [0.717, 1.165) is 43.0 Å². The van der Waals surface area contributed by atoms with Gasteiger partial charge in [0.2, 0.25) is 0 Å². The summed E-state index contributed by atoms with van der Waals surface area (Å²) in [6.45, 7) is 14.0. The summed E-state index contributed by atoms with van der Waals surface area (Å²) in [5.41, 5.74) is 11.2. The third-order valence-electron chi connectivity index (χ3n) is 8.70. The fourth-order valence-corrected chi connectivity index (χ4v) is 6.26. The Labute approximate surface area is 188 Å². The second-order valence-corrected chi connectivity index (χ2v) is 11.2. The average Bonchev–Trinajstić information content (AvgIpc) is 3.05. The van der Waals surface area contributed by atoms with Gasteiger partial charge in [0.1, 0.15) is 12.0 Å². The van der Waals surface area contributed by atoms with Crippen molar-refractivity contribution in [3.05, 3.63) is 29.6 Å². The number of allylic oxidation sites excluding steroid dienone is 3. The fourth-order valence-electron chi connectivity index (χ4n) is 6.26. The van der Waals surface area contributed by atoms with E-state index in [1.807, 2.05) is 0 Å². The van der Waals surface area contributed by atoms with Crippen LogP contribution in [-0.4, -0.2) is 30.2 Å². The minimum Gasteiger partial charge on any atom is -0.382 e. The first-order chi connectivity index (χ1) is 14.6. The molecule has 31 heavy (non-hydrogen) atoms. The van der Waals surface area contributed by atoms with E-state index in [-0.39, 0.29) is 0 Å². The van der Waals surface area contributed by atoms with Gasteiger partial charge in [-0.1, -0.05) is 51.0 Å². The van der Waals surface area contributed by atoms with E-state index in [2.05, 4.69) is 73.6 Å². The smallest absolute Gasteiger partial charge is 0.159 e. The van der Waals surface area contributed by atoms with Crippen molar-refractivity contribution in [1.29, 1.82) is 0 Å². The van der Waals surface area contributed by atoms with Crippen LogP contribution in [0, 0.1) is 22.7 Å². The summed E-state index contributed by atoms with van der Waals surface area (Å²) in [6.07, 6.45) is 14.3. The normalized spacial score (nSPS) is 30.1. The molecule has 0 saturated heterocycles. The molecule has 3 aliphatic rings. The molecule has 0 amide bonds. The van der Waals surface area contributed by atoms with Crippen LogP contribution in [0.4, 0.5) is 17.3 Å². The van der Waals surface area contributed by atoms with Gasteiger partial charge in [0.15, 0.2) is 11.6 Å². The number of nitrogens with two attached hydrogens (primary N) is 1. The highest BCUT2D eigenvalue weighted by atomic mass is 15.4. The van der Waals surface area contributed by atoms with Crippen molar-refractivity contribution in [3.63, 3.8) is 0 Å². The summed E-state index contributed by atoms with van der Waals surface area (Å²) in [4.78, 5) is 13.0. The van der Waals surface area contributed by atoms with Crippen molar-refractivity contribution in [2.24, 2.45) is 22.7 Å². The molecule has 1 aromatic heterocycles. The first kappa shape index (κ1) is 22.2. The summed E-state index contributed by atoms with van der Waals surface area (Å²) in [6, 6.07) is 0. The number of nitrogen functional groups attached to an aromatic ring is 1. The van der Waals surface area contributed by atoms with Crippen LogP contribution in [-0.2, 0) is 0 Å². The van der Waals surface area contributed by atoms with Crippen molar-refractivity contribution in [3.8, 4) is 0 Å². The molecule has 5 heteroatoms. The van der Waals surface area contributed by atoms with Crippen LogP contribution in [0.25, 0.3) is 0 Å². The number of aromatic nitrogens is 2. The zero-order valence-corrected chi connectivity index (χ0v) is 20.4. The van der Waals surface area contributed by atoms with E-state index < -0.39 is 0 Å². The monoisotopic (exact) mass is 423 g/mol. The van der Waals surface area contributed by atoms with Gasteiger partial charge >= 0.3 is 0 Å². The number of hydrogen-bond acceptors (Lipinski definition) is 5. The predicted molar refractivity (Wildman–Crippen MR) is 131 cm³/mol. The first-order valence-corrected chi connectivity index (χ1v) is 12.1. The van der Waals surface area contributed by atoms with Crippen LogP contribution in [0.15, 0.2) is 29.6 Å². The Balaban J connectivity index is 1.44. The van der Waals surface area contributed by atoms with E-state index in [9.17, 15) is 0 Å². The molecule has 170 valence electrons. The van der Waals surface area contributed by atoms with Gasteiger partial charge in [-0.3, -0.25) is 0 Å². The number of fused-ring (bicyclic) bond motifs is 2. The Bertz CT molecular complexity index is 886. The lowest BCUT2D eigenvalue weighted by Gasteiger charge is -2.53. The van der Waals surface area contributed by atoms with E-state index in [4.69, 9.17) is 5.73 Å². The third-order valence-corrected chi connectivity index (χ3v) is 8.70. The van der Waals surface area contributed by atoms with Crippen molar-refractivity contribution in [2.75, 3.05) is 35.8 Å². The second kappa shape index (κ2) is 8.14. The molecule has 0 aromatic carbocycles. The lowest BCUT2D eigenvalue weighted by atomic mass is 9.52. The largest absolute Gasteiger partial charge is 0.382 e. The van der Waals surface area contributed by atoms with Crippen molar-refractivity contribution < 1.29 is 0 Å². The molecule has 1 fully saturated rings. The van der Waals surface area contributed by atoms with Gasteiger partial charge in [-0.2, -0.15) is 0 Å². The molecule has 3 atom stereocenters. The van der Waals surface area contributed by atoms with Gasteiger partial charge in [-0.05, 0) is 68.1 Å². The minimum absolute atomic E-state index is 0.328. The second-order valence-electron chi connectivity index (χ2n) is 11.2. The van der Waals surface area contributed by atoms with Crippen LogP contribution in [0.2, 0.25) is 0 Å². The Morgan fingerprint density at radius 1 is 1.26 bits per heavy atom. The zero-order chi connectivity index (χ0) is 22.4. The molecule has 1 saturated carbocycles. The van der Waals surface area contributed by atoms with Gasteiger partial charge in [0.25, 0.3) is 0 Å². The molecule has 1 aliphatic heterocycles. The standard InChI is InChI=1S/C26H41N5/c1-18(12-15-31-17-30(6)24-22(31)23(27)28-16-29-24)11-14-26(5)19(2)9-10-20-21(26)8-7-13-25(20,3)4/h8,12,16,19-20H,7,9-11,13-15,17H2,1-6H3,(H2,27,28,29)/b18-12+/t19-,20-,26+/m0/s1. The van der Waals surface area contributed by atoms with Gasteiger partial charge in [-0.25, -0.2) is 9.97 Å². The Morgan fingerprint density at radius 3 is 2.81 bits per heavy atom. The quantitative estimate of drug-likeness (QED) is 0.607. The van der Waals surface area contributed by atoms with Crippen LogP contribution in [0.5, 0.6) is 0 Å². The van der Waals surface area contributed by atoms with E-state index in [1.165, 1.54) is 37.7 Å². The molecule has 2 N–H and O–H groups in total. The molecule has 0 spiro atoms. The highest BCUT2D eigenvalue weighted by molar-refractivity contribution is 5.81. The molecule has 0 bridgehead atoms. The number of hydrogen-bond donors (Lipinski definition) is 1. The van der Waals surface area contributed by atoms with E-state index >= 15 is 0 Å². The maximum Gasteiger partial charge on any atom is 0.159 e. The number of nitrogens with zero attached hydrogens (tertiary/aromatic N) is 4. The summed E-state index contributed by atoms with van der Waals surface area (Å²) in [5.74, 6) is 3.03. The lowest BCUT2D eigenvalue weighted by Crippen LogP contribution is -2.43. The molecular formula is C26H41N5. The predicted octanol–water partition coefficient (Wildman–Crippen LogP) is 5.80. The maximum absolute atomic E-state index is 6.16. The topological polar surface area (TPSA) is 58.3 Å². The van der Waals surface area contributed by atoms with Crippen LogP contribution >= 0.6 is 0 Å². The van der Waals surface area contributed by atoms with Gasteiger partial charge < -0.3 is 15.5 Å². The highest BCUT2D eigenvalue weighted by Gasteiger charge is 2.47. The first-order valence-electron chi connectivity index (χ1n) is 12.1. The molecule has 4 rings (SSSR count). The van der Waals surface area contributed by atoms with Gasteiger partial charge in [0.05, 0.1) is 6.67 Å². The summed E-state index contributed by atoms with van der Waals surface area (Å²) < 4.78 is 0. The minimum atomic E-state index is 0.328. The number of rotatable bonds is 5. The van der Waals surface area contributed by atoms with Crippen molar-refractivity contribution >= 4 is 17.3 Å². The van der Waals surface area contributed by atoms with Gasteiger partial charge in [-0.15, -0.1) is 0 Å². The molecule has 2 heterocycles. The molecule has 2 aliphatic carbocycles. The van der Waals surface area contributed by atoms with Crippen LogP contribution in [0.1, 0.15) is 73.1 Å². The Morgan fingerprint density at radius 2 is 2.03 bits per heavy atom. The number of anilines is 3. The SMILES string of the molecule is C/C(=C\CN1CN(C)c2ncnc(N)c21)CC[C@@]1(C)C2=CCCC(C)(C)[C@H]2CC[C@@H]1C. The highest BCUT2D eigenvalue weighted by Crippen LogP contribution is 2.58. The summed E-state index contributed by atoms with van der Waals surface area (Å²) in [7, 11) is 2.06. The molecule has 0 radical (unpaired) electrons. The van der Waals surface area contributed by atoms with Crippen LogP contribution in [0.3, 0.4) is 0 Å². The molecule has 5 nitrogen and oxygen atoms in total. The van der Waals surface area contributed by atoms with Crippen molar-refractivity contribution in [2.45, 2.75) is 73.1 Å². The average molecular weight is 424 g/mol. The Kier molecular flexibility index (Phi) is 5.82. The zero-order valence-electron chi connectivity index (χ0n) is 20.4. The van der Waals surface area contributed by atoms with E-state index in [0.29, 0.717) is 16.6 Å². The van der Waals surface area contributed by atoms with Crippen molar-refractivity contribution in [1.82, 2.24) is 9.97 Å². The molecule has 0 unspecified atom stereocenters. The van der Waals surface area contributed by atoms with Gasteiger partial charge in [0, 0.05) is 13.6 Å². The lowest BCUT2D eigenvalue weighted by molar-refractivity contribution is 0.0812. The summed E-state index contributed by atoms with van der Waals surface area (Å²) >= 11 is 0. The van der Waals surface area contributed by atoms with E-state index in [1.54, 1.807) is 11.9 Å². The fraction of sp³-hybridized carbons (Fsp3) is 0.692. The summed E-state index contributed by atoms with van der Waals surface area (Å²) in [5, 5.41) is 0. The molecule has 1 aromatic rings. The Hall–Kier alpha value is -2.04.